The van der Waals surface area contributed by atoms with E-state index >= 15 is 0 Å². The summed E-state index contributed by atoms with van der Waals surface area (Å²) in [4.78, 5) is 3.42. The van der Waals surface area contributed by atoms with Gasteiger partial charge in [-0.3, -0.25) is 0 Å². The zero-order valence-electron chi connectivity index (χ0n) is 11.6. The Morgan fingerprint density at radius 2 is 1.95 bits per heavy atom. The van der Waals surface area contributed by atoms with E-state index < -0.39 is 9.84 Å². The van der Waals surface area contributed by atoms with Crippen LogP contribution < -0.4 is 0 Å². The van der Waals surface area contributed by atoms with Gasteiger partial charge < -0.3 is 9.55 Å². The first kappa shape index (κ1) is 13.8. The minimum atomic E-state index is -3.27. The number of rotatable bonds is 2. The van der Waals surface area contributed by atoms with Crippen LogP contribution in [-0.2, 0) is 15.4 Å². The summed E-state index contributed by atoms with van der Waals surface area (Å²) in [5.41, 5.74) is 1.52. The summed E-state index contributed by atoms with van der Waals surface area (Å²) in [6.07, 6.45) is 5.77. The molecule has 1 aromatic heterocycles. The molecule has 20 heavy (non-hydrogen) atoms. The number of H-pyrrole nitrogens is 1. The molecule has 0 amide bonds. The van der Waals surface area contributed by atoms with Crippen LogP contribution in [0.25, 0.3) is 11.0 Å². The van der Waals surface area contributed by atoms with Crippen LogP contribution in [-0.4, -0.2) is 24.2 Å². The molecule has 1 fully saturated rings. The molecular weight excluding hydrogens is 292 g/mol. The average Bonchev–Trinajstić information content (AvgIpc) is 2.90. The third-order valence-corrected chi connectivity index (χ3v) is 5.72. The molecule has 2 aromatic rings. The minimum absolute atomic E-state index is 0.00847. The van der Waals surface area contributed by atoms with Crippen LogP contribution in [0, 0.1) is 4.77 Å². The first-order valence-corrected chi connectivity index (χ1v) is 9.07. The second-order valence-electron chi connectivity index (χ2n) is 5.89. The summed E-state index contributed by atoms with van der Waals surface area (Å²) in [7, 11) is -3.27. The van der Waals surface area contributed by atoms with Gasteiger partial charge in [-0.2, -0.15) is 0 Å². The Hall–Kier alpha value is -1.14. The van der Waals surface area contributed by atoms with Crippen LogP contribution in [0.4, 0.5) is 0 Å². The van der Waals surface area contributed by atoms with Crippen molar-refractivity contribution in [3.63, 3.8) is 0 Å². The normalized spacial score (nSPS) is 18.7. The molecule has 0 aliphatic heterocycles. The maximum Gasteiger partial charge on any atom is 0.178 e. The Balaban J connectivity index is 2.36. The SMILES string of the molecule is CC1(n2c(=S)[nH]c3c(S(C)(=O)=O)cccc32)CCCC1. The number of fused-ring (bicyclic) bond motifs is 1. The predicted molar refractivity (Wildman–Crippen MR) is 82.3 cm³/mol. The van der Waals surface area contributed by atoms with Crippen molar-refractivity contribution in [3.8, 4) is 0 Å². The molecule has 1 N–H and O–H groups in total. The number of nitrogens with one attached hydrogen (secondary N) is 1. The molecule has 108 valence electrons. The second kappa shape index (κ2) is 4.43. The Morgan fingerprint density at radius 3 is 2.55 bits per heavy atom. The minimum Gasteiger partial charge on any atom is -0.329 e. The largest absolute Gasteiger partial charge is 0.329 e. The lowest BCUT2D eigenvalue weighted by molar-refractivity contribution is 0.335. The summed E-state index contributed by atoms with van der Waals surface area (Å²) in [6.45, 7) is 2.20. The van der Waals surface area contributed by atoms with Crippen molar-refractivity contribution >= 4 is 33.1 Å². The highest BCUT2D eigenvalue weighted by atomic mass is 32.2. The summed E-state index contributed by atoms with van der Waals surface area (Å²) in [5.74, 6) is 0. The fraction of sp³-hybridized carbons (Fsp3) is 0.500. The third kappa shape index (κ3) is 2.02. The van der Waals surface area contributed by atoms with Gasteiger partial charge in [-0.25, -0.2) is 8.42 Å². The summed E-state index contributed by atoms with van der Waals surface area (Å²) < 4.78 is 26.5. The lowest BCUT2D eigenvalue weighted by Gasteiger charge is -2.26. The van der Waals surface area contributed by atoms with Gasteiger partial charge in [-0.15, -0.1) is 0 Å². The van der Waals surface area contributed by atoms with Crippen LogP contribution in [0.1, 0.15) is 32.6 Å². The van der Waals surface area contributed by atoms with Gasteiger partial charge in [0.2, 0.25) is 0 Å². The Kier molecular flexibility index (Phi) is 3.06. The number of para-hydroxylation sites is 1. The average molecular weight is 310 g/mol. The Labute approximate surface area is 123 Å². The van der Waals surface area contributed by atoms with Crippen molar-refractivity contribution in [2.24, 2.45) is 0 Å². The second-order valence-corrected chi connectivity index (χ2v) is 8.26. The van der Waals surface area contributed by atoms with E-state index in [4.69, 9.17) is 12.2 Å². The van der Waals surface area contributed by atoms with Crippen LogP contribution >= 0.6 is 12.2 Å². The maximum absolute atomic E-state index is 11.9. The predicted octanol–water partition coefficient (Wildman–Crippen LogP) is 3.39. The zero-order chi connectivity index (χ0) is 14.5. The summed E-state index contributed by atoms with van der Waals surface area (Å²) in [5, 5.41) is 0. The fourth-order valence-corrected chi connectivity index (χ4v) is 4.58. The van der Waals surface area contributed by atoms with Crippen molar-refractivity contribution in [1.82, 2.24) is 9.55 Å². The molecule has 0 unspecified atom stereocenters. The van der Waals surface area contributed by atoms with E-state index in [0.717, 1.165) is 18.4 Å². The molecule has 0 atom stereocenters. The smallest absolute Gasteiger partial charge is 0.178 e. The van der Waals surface area contributed by atoms with Gasteiger partial charge >= 0.3 is 0 Å². The first-order chi connectivity index (χ1) is 9.33. The lowest BCUT2D eigenvalue weighted by Crippen LogP contribution is -2.26. The Morgan fingerprint density at radius 1 is 1.30 bits per heavy atom. The monoisotopic (exact) mass is 310 g/mol. The van der Waals surface area contributed by atoms with Gasteiger partial charge in [-0.05, 0) is 44.1 Å². The first-order valence-electron chi connectivity index (χ1n) is 6.77. The van der Waals surface area contributed by atoms with E-state index in [9.17, 15) is 8.42 Å². The van der Waals surface area contributed by atoms with Gasteiger partial charge in [0.05, 0.1) is 15.9 Å². The van der Waals surface area contributed by atoms with E-state index in [-0.39, 0.29) is 5.54 Å². The highest BCUT2D eigenvalue weighted by Gasteiger charge is 2.33. The molecule has 0 spiro atoms. The highest BCUT2D eigenvalue weighted by molar-refractivity contribution is 7.91. The molecular formula is C14H18N2O2S2. The van der Waals surface area contributed by atoms with Crippen LogP contribution in [0.3, 0.4) is 0 Å². The Bertz CT molecular complexity index is 824. The quantitative estimate of drug-likeness (QED) is 0.865. The number of aromatic nitrogens is 2. The van der Waals surface area contributed by atoms with Crippen LogP contribution in [0.5, 0.6) is 0 Å². The third-order valence-electron chi connectivity index (χ3n) is 4.30. The maximum atomic E-state index is 11.9. The molecule has 3 rings (SSSR count). The molecule has 0 radical (unpaired) electrons. The topological polar surface area (TPSA) is 54.9 Å². The highest BCUT2D eigenvalue weighted by Crippen LogP contribution is 2.39. The molecule has 1 aromatic carbocycles. The van der Waals surface area contributed by atoms with Crippen LogP contribution in [0.2, 0.25) is 0 Å². The summed E-state index contributed by atoms with van der Waals surface area (Å²) >= 11 is 5.46. The van der Waals surface area contributed by atoms with E-state index in [1.165, 1.54) is 19.1 Å². The molecule has 0 saturated heterocycles. The van der Waals surface area contributed by atoms with E-state index in [1.54, 1.807) is 12.1 Å². The number of benzene rings is 1. The molecule has 4 nitrogen and oxygen atoms in total. The van der Waals surface area contributed by atoms with Gasteiger partial charge in [0.25, 0.3) is 0 Å². The van der Waals surface area contributed by atoms with Crippen molar-refractivity contribution in [1.29, 1.82) is 0 Å². The molecule has 1 aliphatic rings. The van der Waals surface area contributed by atoms with Gasteiger partial charge in [0.15, 0.2) is 14.6 Å². The number of sulfone groups is 1. The lowest BCUT2D eigenvalue weighted by atomic mass is 10.0. The van der Waals surface area contributed by atoms with Crippen molar-refractivity contribution < 1.29 is 8.42 Å². The number of imidazole rings is 1. The number of aromatic amines is 1. The van der Waals surface area contributed by atoms with Crippen molar-refractivity contribution in [3.05, 3.63) is 23.0 Å². The molecule has 1 saturated carbocycles. The molecule has 6 heteroatoms. The van der Waals surface area contributed by atoms with Gasteiger partial charge in [-0.1, -0.05) is 18.9 Å². The molecule has 0 bridgehead atoms. The van der Waals surface area contributed by atoms with Gasteiger partial charge in [0, 0.05) is 11.8 Å². The molecule has 1 heterocycles. The van der Waals surface area contributed by atoms with Crippen molar-refractivity contribution in [2.75, 3.05) is 6.26 Å². The fourth-order valence-electron chi connectivity index (χ4n) is 3.31. The summed E-state index contributed by atoms with van der Waals surface area (Å²) in [6, 6.07) is 5.36. The van der Waals surface area contributed by atoms with Crippen LogP contribution in [0.15, 0.2) is 23.1 Å². The number of nitrogens with zero attached hydrogens (tertiary/aromatic N) is 1. The van der Waals surface area contributed by atoms with E-state index in [1.807, 2.05) is 6.07 Å². The van der Waals surface area contributed by atoms with E-state index in [0.29, 0.717) is 15.2 Å². The number of hydrogen-bond donors (Lipinski definition) is 1. The standard InChI is InChI=1S/C14H18N2O2S2/c1-14(8-3-4-9-14)16-10-6-5-7-11(20(2,17)18)12(10)15-13(16)19/h5-7H,3-4,8-9H2,1-2H3,(H,15,19). The van der Waals surface area contributed by atoms with Crippen molar-refractivity contribution in [2.45, 2.75) is 43.0 Å². The zero-order valence-corrected chi connectivity index (χ0v) is 13.3. The van der Waals surface area contributed by atoms with E-state index in [2.05, 4.69) is 16.5 Å². The molecule has 1 aliphatic carbocycles. The number of hydrogen-bond acceptors (Lipinski definition) is 3. The van der Waals surface area contributed by atoms with Gasteiger partial charge in [0.1, 0.15) is 0 Å².